The van der Waals surface area contributed by atoms with Gasteiger partial charge in [0.05, 0.1) is 0 Å². The Morgan fingerprint density at radius 2 is 1.20 bits per heavy atom. The molecule has 0 fully saturated rings. The molecule has 0 aromatic heterocycles. The molecule has 24 valence electrons. The normalized spacial score (nSPS) is 1.40. The molecule has 0 nitrogen and oxygen atoms in total. The second-order valence-electron chi connectivity index (χ2n) is 0. The van der Waals surface area contributed by atoms with Gasteiger partial charge >= 0.3 is 76.5 Å². The van der Waals surface area contributed by atoms with E-state index < -0.39 is 0 Å². The summed E-state index contributed by atoms with van der Waals surface area (Å²) in [4.78, 5) is 0. The summed E-state index contributed by atoms with van der Waals surface area (Å²) >= 11 is 1.83. The van der Waals surface area contributed by atoms with Crippen molar-refractivity contribution in [3.63, 3.8) is 0 Å². The molecule has 5 heavy (non-hydrogen) atoms. The molecule has 0 saturated heterocycles. The number of hydrogen-bond acceptors (Lipinski definition) is 0. The average molecular weight is 287 g/mol. The van der Waals surface area contributed by atoms with E-state index in [-0.39, 0.29) is 89.0 Å². The Balaban J connectivity index is -0.00000000167. The van der Waals surface area contributed by atoms with Crippen molar-refractivity contribution in [2.45, 2.75) is 0 Å². The van der Waals surface area contributed by atoms with Gasteiger partial charge in [-0.15, -0.1) is 0 Å². The monoisotopic (exact) mass is 286 g/mol. The predicted octanol–water partition coefficient (Wildman–Crippen LogP) is -3.29. The maximum atomic E-state index is 1.83. The molecule has 0 aliphatic carbocycles. The summed E-state index contributed by atoms with van der Waals surface area (Å²) in [5.74, 6) is 0. The first-order valence-corrected chi connectivity index (χ1v) is 7.14. The van der Waals surface area contributed by atoms with Crippen LogP contribution in [0.3, 0.4) is 0 Å². The molecule has 0 N–H and O–H groups in total. The van der Waals surface area contributed by atoms with E-state index in [1.165, 1.54) is 7.43 Å². The topological polar surface area (TPSA) is 0 Å². The fourth-order valence-corrected chi connectivity index (χ4v) is 0. The van der Waals surface area contributed by atoms with E-state index in [4.69, 9.17) is 0 Å². The third-order valence-electron chi connectivity index (χ3n) is 0. The van der Waals surface area contributed by atoms with E-state index >= 15 is 0 Å². The van der Waals surface area contributed by atoms with Crippen LogP contribution in [0.5, 0.6) is 0 Å². The number of rotatable bonds is 0. The standard InChI is InChI=1S/Al.Sc.H3Si.Sr.Zr.5H/h;;1H3;;;;;;;. The van der Waals surface area contributed by atoms with E-state index in [1.807, 2.05) is 23.5 Å². The van der Waals surface area contributed by atoms with E-state index in [2.05, 4.69) is 0 Å². The minimum Gasteiger partial charge on any atom is 0 e. The van der Waals surface area contributed by atoms with E-state index in [9.17, 15) is 0 Å². The van der Waals surface area contributed by atoms with Crippen LogP contribution in [0.4, 0.5) is 0 Å². The Morgan fingerprint density at radius 3 is 1.20 bits per heavy atom. The van der Waals surface area contributed by atoms with Crippen LogP contribution in [-0.2, 0) is 49.7 Å². The molecule has 0 heterocycles. The molecule has 0 unspecified atom stereocenters. The summed E-state index contributed by atoms with van der Waals surface area (Å²) < 4.78 is 0. The van der Waals surface area contributed by atoms with Gasteiger partial charge in [-0.3, -0.25) is 0 Å². The van der Waals surface area contributed by atoms with Crippen molar-refractivity contribution in [3.8, 4) is 0 Å². The Morgan fingerprint density at radius 1 is 1.20 bits per heavy atom. The molecule has 0 aromatic carbocycles. The molecule has 0 bridgehead atoms. The molecule has 0 radical (unpaired) electrons. The second-order valence-corrected chi connectivity index (χ2v) is 0. The molecular formula is H8AlScSiSrZr. The molecule has 0 aromatic rings. The molecular weight excluding hydrogens is 279 g/mol. The Bertz CT molecular complexity index is 11.6. The molecule has 0 amide bonds. The van der Waals surface area contributed by atoms with Gasteiger partial charge in [-0.1, -0.05) is 0 Å². The minimum absolute atomic E-state index is 0. The van der Waals surface area contributed by atoms with Crippen LogP contribution < -0.4 is 0 Å². The van der Waals surface area contributed by atoms with E-state index in [0.717, 1.165) is 0 Å². The van der Waals surface area contributed by atoms with Crippen LogP contribution in [-0.4, -0.2) is 70.3 Å². The summed E-state index contributed by atoms with van der Waals surface area (Å²) in [5, 5.41) is 0. The maximum absolute atomic E-state index is 1.83. The summed E-state index contributed by atoms with van der Waals surface area (Å²) in [7, 11) is 1.37. The van der Waals surface area contributed by atoms with E-state index in [0.29, 0.717) is 0 Å². The van der Waals surface area contributed by atoms with Crippen molar-refractivity contribution < 1.29 is 49.7 Å². The van der Waals surface area contributed by atoms with Crippen molar-refractivity contribution in [2.75, 3.05) is 0 Å². The van der Waals surface area contributed by atoms with Crippen LogP contribution in [0.25, 0.3) is 0 Å². The molecule has 0 rings (SSSR count). The predicted molar refractivity (Wildman–Crippen MR) is 28.4 cm³/mol. The zero-order valence-corrected chi connectivity index (χ0v) is 8.34. The van der Waals surface area contributed by atoms with Crippen LogP contribution in [0.2, 0.25) is 0 Å². The van der Waals surface area contributed by atoms with Crippen LogP contribution in [0, 0.1) is 0 Å². The fourth-order valence-electron chi connectivity index (χ4n) is 0. The molecule has 0 aliphatic rings. The third kappa shape index (κ3) is 18.0. The smallest absolute Gasteiger partial charge is 0 e. The van der Waals surface area contributed by atoms with Crippen molar-refractivity contribution in [1.29, 1.82) is 0 Å². The van der Waals surface area contributed by atoms with Gasteiger partial charge in [-0.2, -0.15) is 0 Å². The van der Waals surface area contributed by atoms with E-state index in [1.54, 1.807) is 0 Å². The van der Waals surface area contributed by atoms with Crippen molar-refractivity contribution in [2.24, 2.45) is 0 Å². The van der Waals surface area contributed by atoms with Crippen molar-refractivity contribution in [1.82, 2.24) is 0 Å². The maximum Gasteiger partial charge on any atom is 0 e. The Hall–Kier alpha value is 3.98. The SMILES string of the molecule is [AlH3].[SiH3][Sc].[SrH2].[Zr]. The van der Waals surface area contributed by atoms with Gasteiger partial charge in [0, 0.05) is 26.2 Å². The first-order valence-electron chi connectivity index (χ1n) is 0.577. The zero-order valence-electron chi connectivity index (χ0n) is 2.08. The zero-order chi connectivity index (χ0) is 2.00. The van der Waals surface area contributed by atoms with Gasteiger partial charge in [0.15, 0.2) is 17.4 Å². The minimum atomic E-state index is 0. The largest absolute Gasteiger partial charge is 0 e. The van der Waals surface area contributed by atoms with Gasteiger partial charge in [-0.25, -0.2) is 0 Å². The van der Waals surface area contributed by atoms with Crippen molar-refractivity contribution in [3.05, 3.63) is 0 Å². The number of hydrogen-bond donors (Lipinski definition) is 0. The quantitative estimate of drug-likeness (QED) is 0.410. The molecule has 0 aliphatic heterocycles. The third-order valence-corrected chi connectivity index (χ3v) is 0. The van der Waals surface area contributed by atoms with Crippen molar-refractivity contribution >= 4 is 70.3 Å². The summed E-state index contributed by atoms with van der Waals surface area (Å²) in [6.45, 7) is 0. The molecule has 0 atom stereocenters. The summed E-state index contributed by atoms with van der Waals surface area (Å²) in [6.07, 6.45) is 0. The fraction of sp³-hybridized carbons (Fsp3) is 0. The first-order chi connectivity index (χ1) is 1.00. The summed E-state index contributed by atoms with van der Waals surface area (Å²) in [5.41, 5.74) is 0. The van der Waals surface area contributed by atoms with Gasteiger partial charge in [0.25, 0.3) is 0 Å². The Kier molecular flexibility index (Phi) is 113. The van der Waals surface area contributed by atoms with Gasteiger partial charge < -0.3 is 0 Å². The van der Waals surface area contributed by atoms with Gasteiger partial charge in [0.1, 0.15) is 0 Å². The molecule has 5 heteroatoms. The van der Waals surface area contributed by atoms with Crippen LogP contribution >= 0.6 is 0 Å². The van der Waals surface area contributed by atoms with Gasteiger partial charge in [-0.05, 0) is 0 Å². The van der Waals surface area contributed by atoms with Crippen LogP contribution in [0.15, 0.2) is 0 Å². The summed E-state index contributed by atoms with van der Waals surface area (Å²) in [6, 6.07) is 0. The first kappa shape index (κ1) is 23.1. The van der Waals surface area contributed by atoms with Gasteiger partial charge in [0.2, 0.25) is 0 Å². The second kappa shape index (κ2) is 24.5. The van der Waals surface area contributed by atoms with Crippen LogP contribution in [0.1, 0.15) is 0 Å². The molecule has 0 spiro atoms. The average Bonchev–Trinajstić information content (AvgIpc) is 1.00. The molecule has 0 saturated carbocycles. The Labute approximate surface area is 117 Å².